The van der Waals surface area contributed by atoms with Gasteiger partial charge in [-0.05, 0) is 76.6 Å². The van der Waals surface area contributed by atoms with Crippen molar-refractivity contribution in [3.63, 3.8) is 0 Å². The lowest BCUT2D eigenvalue weighted by Gasteiger charge is -2.23. The molecule has 6 nitrogen and oxygen atoms in total. The van der Waals surface area contributed by atoms with Crippen LogP contribution in [0.25, 0.3) is 0 Å². The summed E-state index contributed by atoms with van der Waals surface area (Å²) in [7, 11) is 0. The Hall–Kier alpha value is -3.48. The Kier molecular flexibility index (Phi) is 8.43. The van der Waals surface area contributed by atoms with Gasteiger partial charge >= 0.3 is 11.9 Å². The number of aliphatic hydroxyl groups excluding tert-OH is 1. The number of carbonyl (C=O) groups is 2. The van der Waals surface area contributed by atoms with Crippen LogP contribution < -0.4 is 10.1 Å². The Morgan fingerprint density at radius 2 is 1.40 bits per heavy atom. The van der Waals surface area contributed by atoms with Crippen LogP contribution >= 0.6 is 0 Å². The van der Waals surface area contributed by atoms with Gasteiger partial charge in [-0.2, -0.15) is 0 Å². The molecule has 0 fully saturated rings. The second-order valence-corrected chi connectivity index (χ2v) is 9.71. The van der Waals surface area contributed by atoms with Crippen LogP contribution in [0.2, 0.25) is 0 Å². The molecule has 0 aliphatic rings. The van der Waals surface area contributed by atoms with Crippen molar-refractivity contribution in [2.24, 2.45) is 0 Å². The summed E-state index contributed by atoms with van der Waals surface area (Å²) in [6, 6.07) is 19.2. The van der Waals surface area contributed by atoms with Gasteiger partial charge in [-0.15, -0.1) is 0 Å². The van der Waals surface area contributed by atoms with Crippen LogP contribution in [0, 0.1) is 13.8 Å². The number of hydrogen-bond donors (Lipinski definition) is 2. The van der Waals surface area contributed by atoms with Gasteiger partial charge in [0, 0.05) is 17.6 Å². The highest BCUT2D eigenvalue weighted by atomic mass is 16.5. The Morgan fingerprint density at radius 1 is 0.857 bits per heavy atom. The summed E-state index contributed by atoms with van der Waals surface area (Å²) in [4.78, 5) is 25.3. The lowest BCUT2D eigenvalue weighted by atomic mass is 10.0. The molecule has 184 valence electrons. The zero-order chi connectivity index (χ0) is 25.6. The van der Waals surface area contributed by atoms with Crippen molar-refractivity contribution in [3.8, 4) is 5.75 Å². The summed E-state index contributed by atoms with van der Waals surface area (Å²) >= 11 is 0. The standard InChI is InChI=1S/C29H33NO5/c1-19-6-10-21(11-7-19)27(32)34-18-24-16-23(25(31)17-30-29(3,4)5)14-15-26(24)35-28(33)22-12-8-20(2)9-13-22/h6-16,25,30-31H,17-18H2,1-5H3. The lowest BCUT2D eigenvalue weighted by molar-refractivity contribution is 0.0469. The van der Waals surface area contributed by atoms with E-state index in [0.29, 0.717) is 28.8 Å². The van der Waals surface area contributed by atoms with Crippen molar-refractivity contribution in [1.29, 1.82) is 0 Å². The summed E-state index contributed by atoms with van der Waals surface area (Å²) in [6.45, 7) is 10.2. The number of aliphatic hydroxyl groups is 1. The minimum absolute atomic E-state index is 0.115. The Labute approximate surface area is 206 Å². The zero-order valence-corrected chi connectivity index (χ0v) is 20.9. The fourth-order valence-electron chi connectivity index (χ4n) is 3.30. The molecule has 0 bridgehead atoms. The topological polar surface area (TPSA) is 84.9 Å². The molecular formula is C29H33NO5. The molecule has 0 radical (unpaired) electrons. The number of esters is 2. The lowest BCUT2D eigenvalue weighted by Crippen LogP contribution is -2.38. The van der Waals surface area contributed by atoms with Crippen LogP contribution in [0.4, 0.5) is 0 Å². The van der Waals surface area contributed by atoms with E-state index in [0.717, 1.165) is 11.1 Å². The number of rotatable bonds is 8. The fourth-order valence-corrected chi connectivity index (χ4v) is 3.30. The van der Waals surface area contributed by atoms with Crippen LogP contribution in [-0.4, -0.2) is 29.1 Å². The smallest absolute Gasteiger partial charge is 0.343 e. The van der Waals surface area contributed by atoms with Gasteiger partial charge < -0.3 is 19.9 Å². The van der Waals surface area contributed by atoms with Crippen molar-refractivity contribution < 1.29 is 24.2 Å². The van der Waals surface area contributed by atoms with Gasteiger partial charge in [0.25, 0.3) is 0 Å². The summed E-state index contributed by atoms with van der Waals surface area (Å²) in [5.41, 5.74) is 3.87. The van der Waals surface area contributed by atoms with Crippen molar-refractivity contribution in [2.45, 2.75) is 52.9 Å². The number of benzene rings is 3. The van der Waals surface area contributed by atoms with E-state index in [1.807, 2.05) is 58.9 Å². The van der Waals surface area contributed by atoms with E-state index in [-0.39, 0.29) is 17.9 Å². The molecule has 0 aromatic heterocycles. The fraction of sp³-hybridized carbons (Fsp3) is 0.310. The first-order valence-electron chi connectivity index (χ1n) is 11.6. The van der Waals surface area contributed by atoms with Gasteiger partial charge in [-0.1, -0.05) is 41.5 Å². The highest BCUT2D eigenvalue weighted by molar-refractivity contribution is 5.91. The molecule has 0 spiro atoms. The van der Waals surface area contributed by atoms with Crippen molar-refractivity contribution in [3.05, 3.63) is 100 Å². The molecule has 3 aromatic rings. The molecule has 2 N–H and O–H groups in total. The van der Waals surface area contributed by atoms with Crippen LogP contribution in [-0.2, 0) is 11.3 Å². The van der Waals surface area contributed by atoms with E-state index in [2.05, 4.69) is 5.32 Å². The minimum Gasteiger partial charge on any atom is -0.457 e. The number of nitrogens with one attached hydrogen (secondary N) is 1. The van der Waals surface area contributed by atoms with Crippen LogP contribution in [0.3, 0.4) is 0 Å². The number of carbonyl (C=O) groups excluding carboxylic acids is 2. The zero-order valence-electron chi connectivity index (χ0n) is 20.9. The number of hydrogen-bond acceptors (Lipinski definition) is 6. The SMILES string of the molecule is Cc1ccc(C(=O)OCc2cc(C(O)CNC(C)(C)C)ccc2OC(=O)c2ccc(C)cc2)cc1. The average Bonchev–Trinajstić information content (AvgIpc) is 2.82. The maximum absolute atomic E-state index is 12.7. The molecule has 1 unspecified atom stereocenters. The second kappa shape index (κ2) is 11.3. The van der Waals surface area contributed by atoms with Gasteiger partial charge in [-0.3, -0.25) is 0 Å². The third-order valence-corrected chi connectivity index (χ3v) is 5.43. The quantitative estimate of drug-likeness (QED) is 0.340. The Bertz CT molecular complexity index is 1160. The van der Waals surface area contributed by atoms with E-state index in [9.17, 15) is 14.7 Å². The van der Waals surface area contributed by atoms with Gasteiger partial charge in [-0.25, -0.2) is 9.59 Å². The van der Waals surface area contributed by atoms with Gasteiger partial charge in [0.2, 0.25) is 0 Å². The van der Waals surface area contributed by atoms with E-state index in [1.165, 1.54) is 0 Å². The van der Waals surface area contributed by atoms with Gasteiger partial charge in [0.15, 0.2) is 0 Å². The number of aryl methyl sites for hydroxylation is 2. The van der Waals surface area contributed by atoms with Crippen molar-refractivity contribution in [1.82, 2.24) is 5.32 Å². The first-order valence-corrected chi connectivity index (χ1v) is 11.6. The monoisotopic (exact) mass is 475 g/mol. The molecule has 6 heteroatoms. The van der Waals surface area contributed by atoms with E-state index >= 15 is 0 Å². The highest BCUT2D eigenvalue weighted by Gasteiger charge is 2.18. The van der Waals surface area contributed by atoms with Crippen molar-refractivity contribution >= 4 is 11.9 Å². The normalized spacial score (nSPS) is 12.2. The molecular weight excluding hydrogens is 442 g/mol. The molecule has 3 rings (SSSR count). The second-order valence-electron chi connectivity index (χ2n) is 9.71. The molecule has 0 aliphatic carbocycles. The molecule has 0 heterocycles. The van der Waals surface area contributed by atoms with Crippen LogP contribution in [0.15, 0.2) is 66.7 Å². The molecule has 0 aliphatic heterocycles. The largest absolute Gasteiger partial charge is 0.457 e. The van der Waals surface area contributed by atoms with E-state index in [1.54, 1.807) is 42.5 Å². The summed E-state index contributed by atoms with van der Waals surface area (Å²) in [5, 5.41) is 14.0. The summed E-state index contributed by atoms with van der Waals surface area (Å²) < 4.78 is 11.2. The molecule has 1 atom stereocenters. The van der Waals surface area contributed by atoms with Crippen molar-refractivity contribution in [2.75, 3.05) is 6.54 Å². The van der Waals surface area contributed by atoms with E-state index < -0.39 is 18.0 Å². The molecule has 0 amide bonds. The Morgan fingerprint density at radius 3 is 1.94 bits per heavy atom. The summed E-state index contributed by atoms with van der Waals surface area (Å²) in [5.74, 6) is -0.730. The van der Waals surface area contributed by atoms with Gasteiger partial charge in [0.1, 0.15) is 12.4 Å². The van der Waals surface area contributed by atoms with Crippen LogP contribution in [0.1, 0.15) is 69.8 Å². The minimum atomic E-state index is -0.789. The predicted molar refractivity (Wildman–Crippen MR) is 136 cm³/mol. The molecule has 0 saturated heterocycles. The highest BCUT2D eigenvalue weighted by Crippen LogP contribution is 2.26. The summed E-state index contributed by atoms with van der Waals surface area (Å²) in [6.07, 6.45) is -0.789. The molecule has 35 heavy (non-hydrogen) atoms. The van der Waals surface area contributed by atoms with Gasteiger partial charge in [0.05, 0.1) is 17.2 Å². The molecule has 0 saturated carbocycles. The maximum Gasteiger partial charge on any atom is 0.343 e. The Balaban J connectivity index is 1.82. The third-order valence-electron chi connectivity index (χ3n) is 5.43. The first-order chi connectivity index (χ1) is 16.5. The number of β-amino-alcohol motifs (C(OH)–C–C–N with tert-alkyl or cyclic N) is 1. The predicted octanol–water partition coefficient (Wildman–Crippen LogP) is 5.30. The maximum atomic E-state index is 12.7. The first kappa shape index (κ1) is 26.1. The molecule has 3 aromatic carbocycles. The average molecular weight is 476 g/mol. The third kappa shape index (κ3) is 7.77. The number of ether oxygens (including phenoxy) is 2. The van der Waals surface area contributed by atoms with E-state index in [4.69, 9.17) is 9.47 Å². The van der Waals surface area contributed by atoms with Crippen LogP contribution in [0.5, 0.6) is 5.75 Å².